The van der Waals surface area contributed by atoms with Crippen molar-refractivity contribution in [2.75, 3.05) is 0 Å². The molecule has 0 spiro atoms. The molecular formula is C32H43NO10. The number of hydrogen-bond donors (Lipinski definition) is 6. The molecule has 11 nitrogen and oxygen atoms in total. The Labute approximate surface area is 250 Å². The first-order valence-electron chi connectivity index (χ1n) is 14.9. The number of Topliss-reactive ketones (excluding diaryl/α,β-unsaturated/α-hetero) is 3. The third kappa shape index (κ3) is 4.45. The summed E-state index contributed by atoms with van der Waals surface area (Å²) in [5.41, 5.74) is 0.239. The van der Waals surface area contributed by atoms with Gasteiger partial charge in [0.05, 0.1) is 17.6 Å². The van der Waals surface area contributed by atoms with E-state index in [0.29, 0.717) is 5.56 Å². The molecule has 3 aliphatic rings. The summed E-state index contributed by atoms with van der Waals surface area (Å²) < 4.78 is 0. The second kappa shape index (κ2) is 11.1. The fourth-order valence-electron chi connectivity index (χ4n) is 9.30. The number of nitrogens with two attached hydrogens (primary N) is 1. The Hall–Kier alpha value is -3.15. The minimum atomic E-state index is -2.77. The second-order valence-electron chi connectivity index (χ2n) is 13.6. The molecule has 1 aromatic rings. The number of carbonyl (C=O) groups is 5. The van der Waals surface area contributed by atoms with Gasteiger partial charge in [0.25, 0.3) is 0 Å². The highest BCUT2D eigenvalue weighted by atomic mass is 16.4. The number of aliphatic carboxylic acids is 1. The fourth-order valence-corrected chi connectivity index (χ4v) is 9.30. The molecule has 1 amide bonds. The lowest BCUT2D eigenvalue weighted by molar-refractivity contribution is -0.292. The molecule has 2 fully saturated rings. The monoisotopic (exact) mass is 601 g/mol. The van der Waals surface area contributed by atoms with Gasteiger partial charge >= 0.3 is 5.97 Å². The number of aromatic hydroxyl groups is 1. The van der Waals surface area contributed by atoms with Crippen LogP contribution in [-0.2, 0) is 19.2 Å². The number of aliphatic hydroxyl groups is 3. The van der Waals surface area contributed by atoms with Crippen LogP contribution in [0.25, 0.3) is 0 Å². The van der Waals surface area contributed by atoms with Crippen molar-refractivity contribution < 1.29 is 49.5 Å². The zero-order chi connectivity index (χ0) is 32.4. The number of fused-ring (bicyclic) bond motifs is 3. The van der Waals surface area contributed by atoms with Gasteiger partial charge in [-0.3, -0.25) is 24.0 Å². The Morgan fingerprint density at radius 2 is 1.65 bits per heavy atom. The molecule has 10 atom stereocenters. The number of carboxylic acid groups (broad SMARTS) is 1. The number of carboxylic acids is 1. The third-order valence-electron chi connectivity index (χ3n) is 11.3. The normalized spacial score (nSPS) is 38.7. The Morgan fingerprint density at radius 1 is 1.05 bits per heavy atom. The molecule has 1 aromatic carbocycles. The van der Waals surface area contributed by atoms with E-state index in [9.17, 15) is 44.4 Å². The first-order valence-corrected chi connectivity index (χ1v) is 14.9. The van der Waals surface area contributed by atoms with E-state index < -0.39 is 87.6 Å². The number of ketones is 3. The van der Waals surface area contributed by atoms with E-state index in [1.54, 1.807) is 39.8 Å². The van der Waals surface area contributed by atoms with Crippen molar-refractivity contribution in [3.63, 3.8) is 0 Å². The summed E-state index contributed by atoms with van der Waals surface area (Å²) in [7, 11) is 0. The Bertz CT molecular complexity index is 1360. The molecule has 11 heteroatoms. The lowest BCUT2D eigenvalue weighted by atomic mass is 9.33. The highest BCUT2D eigenvalue weighted by Crippen LogP contribution is 2.71. The van der Waals surface area contributed by atoms with Crippen LogP contribution in [-0.4, -0.2) is 72.6 Å². The second-order valence-corrected chi connectivity index (χ2v) is 13.6. The van der Waals surface area contributed by atoms with Gasteiger partial charge in [-0.1, -0.05) is 46.8 Å². The van der Waals surface area contributed by atoms with Gasteiger partial charge in [0.15, 0.2) is 17.2 Å². The zero-order valence-electron chi connectivity index (χ0n) is 25.2. The van der Waals surface area contributed by atoms with Crippen LogP contribution in [0.15, 0.2) is 18.2 Å². The third-order valence-corrected chi connectivity index (χ3v) is 11.3. The number of amides is 1. The van der Waals surface area contributed by atoms with Crippen LogP contribution in [0.2, 0.25) is 0 Å². The van der Waals surface area contributed by atoms with Crippen molar-refractivity contribution in [1.82, 2.24) is 0 Å². The van der Waals surface area contributed by atoms with E-state index in [1.165, 1.54) is 13.0 Å². The van der Waals surface area contributed by atoms with Gasteiger partial charge in [-0.25, -0.2) is 0 Å². The van der Waals surface area contributed by atoms with Crippen LogP contribution in [0.3, 0.4) is 0 Å². The number of hydrogen-bond acceptors (Lipinski definition) is 9. The molecule has 4 rings (SSSR count). The van der Waals surface area contributed by atoms with Gasteiger partial charge in [0.1, 0.15) is 23.6 Å². The number of phenolic OH excluding ortho intramolecular Hbond substituents is 1. The number of carbonyl (C=O) groups excluding carboxylic acids is 4. The van der Waals surface area contributed by atoms with E-state index in [-0.39, 0.29) is 49.2 Å². The molecule has 0 saturated heterocycles. The lowest BCUT2D eigenvalue weighted by Gasteiger charge is -2.71. The lowest BCUT2D eigenvalue weighted by Crippen LogP contribution is -2.82. The van der Waals surface area contributed by atoms with Gasteiger partial charge in [-0.05, 0) is 53.6 Å². The smallest absolute Gasteiger partial charge is 0.303 e. The predicted octanol–water partition coefficient (Wildman–Crippen LogP) is 1.96. The average molecular weight is 602 g/mol. The standard InChI is InChI=1S/C32H43NO10/c1-14(2)23-26(39)22(29(33)42)27(40)32(43)28(41)24-25(38)21-17(10-8-11-18(21)35)15(3)30(24,4)19(31(23,32)5)13-16(34)9-6-7-12-20(36)37/h8,10-11,14-15,19,22-24,26,28,35,39,41,43H,6-7,9,12-13H2,1-5H3,(H2,33,42)(H,36,37)/t15-,19-,22-,23+,24-,26?,28?,30-,31-,32+/m1/s1. The van der Waals surface area contributed by atoms with Gasteiger partial charge < -0.3 is 31.3 Å². The van der Waals surface area contributed by atoms with Crippen LogP contribution in [0.4, 0.5) is 0 Å². The van der Waals surface area contributed by atoms with Crippen LogP contribution in [0.1, 0.15) is 88.6 Å². The Kier molecular flexibility index (Phi) is 8.45. The Balaban J connectivity index is 1.99. The summed E-state index contributed by atoms with van der Waals surface area (Å²) in [4.78, 5) is 65.5. The summed E-state index contributed by atoms with van der Waals surface area (Å²) >= 11 is 0. The van der Waals surface area contributed by atoms with Crippen LogP contribution in [0.5, 0.6) is 5.75 Å². The maximum atomic E-state index is 14.2. The maximum absolute atomic E-state index is 14.2. The summed E-state index contributed by atoms with van der Waals surface area (Å²) in [5.74, 6) is -11.1. The van der Waals surface area contributed by atoms with E-state index >= 15 is 0 Å². The van der Waals surface area contributed by atoms with Crippen molar-refractivity contribution in [3.8, 4) is 5.75 Å². The highest BCUT2D eigenvalue weighted by molar-refractivity contribution is 6.09. The summed E-state index contributed by atoms with van der Waals surface area (Å²) in [6.45, 7) is 8.56. The summed E-state index contributed by atoms with van der Waals surface area (Å²) in [5, 5.41) is 55.9. The molecule has 0 aromatic heterocycles. The van der Waals surface area contributed by atoms with Crippen LogP contribution < -0.4 is 5.73 Å². The molecule has 2 saturated carbocycles. The topological polar surface area (TPSA) is 213 Å². The van der Waals surface area contributed by atoms with Crippen molar-refractivity contribution >= 4 is 29.2 Å². The summed E-state index contributed by atoms with van der Waals surface area (Å²) in [6.07, 6.45) is -3.51. The quantitative estimate of drug-likeness (QED) is 0.179. The van der Waals surface area contributed by atoms with Crippen LogP contribution >= 0.6 is 0 Å². The van der Waals surface area contributed by atoms with E-state index in [1.807, 2.05) is 0 Å². The first-order chi connectivity index (χ1) is 19.9. The molecule has 0 aliphatic heterocycles. The SMILES string of the molecule is CC(C)[C@H]1C(O)[C@@H](C(N)=O)C(=O)[C@]2(O)C(O)[C@H]3C(=O)c4c(O)cccc4[C@@H](C)[C@]3(C)[C@@H](CC(=O)CCCCC(=O)O)[C@]12C. The predicted molar refractivity (Wildman–Crippen MR) is 153 cm³/mol. The Morgan fingerprint density at radius 3 is 2.21 bits per heavy atom. The zero-order valence-corrected chi connectivity index (χ0v) is 25.2. The molecule has 0 heterocycles. The van der Waals surface area contributed by atoms with E-state index in [2.05, 4.69) is 0 Å². The summed E-state index contributed by atoms with van der Waals surface area (Å²) in [6, 6.07) is 4.60. The minimum Gasteiger partial charge on any atom is -0.507 e. The number of unbranched alkanes of at least 4 members (excludes halogenated alkanes) is 1. The largest absolute Gasteiger partial charge is 0.507 e. The molecule has 43 heavy (non-hydrogen) atoms. The number of benzene rings is 1. The van der Waals surface area contributed by atoms with Crippen molar-refractivity contribution in [2.24, 2.45) is 46.2 Å². The molecule has 0 bridgehead atoms. The molecule has 7 N–H and O–H groups in total. The number of rotatable bonds is 9. The van der Waals surface area contributed by atoms with Crippen LogP contribution in [0, 0.1) is 40.4 Å². The van der Waals surface area contributed by atoms with Crippen molar-refractivity contribution in [2.45, 2.75) is 90.4 Å². The van der Waals surface area contributed by atoms with Crippen molar-refractivity contribution in [1.29, 1.82) is 0 Å². The van der Waals surface area contributed by atoms with E-state index in [0.717, 1.165) is 0 Å². The molecule has 236 valence electrons. The van der Waals surface area contributed by atoms with Gasteiger partial charge in [-0.15, -0.1) is 0 Å². The fraction of sp³-hybridized carbons (Fsp3) is 0.656. The molecule has 3 aliphatic carbocycles. The van der Waals surface area contributed by atoms with E-state index in [4.69, 9.17) is 10.8 Å². The maximum Gasteiger partial charge on any atom is 0.303 e. The number of primary amides is 1. The number of phenols is 1. The highest BCUT2D eigenvalue weighted by Gasteiger charge is 2.80. The average Bonchev–Trinajstić information content (AvgIpc) is 2.90. The number of aliphatic hydroxyl groups excluding tert-OH is 2. The van der Waals surface area contributed by atoms with Gasteiger partial charge in [0, 0.05) is 24.7 Å². The molecular weight excluding hydrogens is 558 g/mol. The molecule has 2 unspecified atom stereocenters. The minimum absolute atomic E-state index is 0.00798. The van der Waals surface area contributed by atoms with Crippen molar-refractivity contribution in [3.05, 3.63) is 29.3 Å². The van der Waals surface area contributed by atoms with Gasteiger partial charge in [0.2, 0.25) is 5.91 Å². The molecule has 0 radical (unpaired) electrons. The van der Waals surface area contributed by atoms with Gasteiger partial charge in [-0.2, -0.15) is 0 Å². The first kappa shape index (κ1) is 32.8.